The van der Waals surface area contributed by atoms with Crippen molar-refractivity contribution in [3.8, 4) is 0 Å². The Balaban J connectivity index is 0.00000192. The lowest BCUT2D eigenvalue weighted by Crippen LogP contribution is -2.49. The van der Waals surface area contributed by atoms with E-state index < -0.39 is 0 Å². The molecule has 2 N–H and O–H groups in total. The maximum atomic E-state index is 12.4. The zero-order valence-electron chi connectivity index (χ0n) is 13.1. The molecule has 1 aromatic carbocycles. The molecule has 0 aromatic heterocycles. The van der Waals surface area contributed by atoms with Gasteiger partial charge in [0, 0.05) is 34.1 Å². The van der Waals surface area contributed by atoms with Crippen LogP contribution in [0.5, 0.6) is 0 Å². The number of hydrogen-bond donors (Lipinski definition) is 2. The van der Waals surface area contributed by atoms with Crippen LogP contribution in [-0.2, 0) is 11.2 Å². The van der Waals surface area contributed by atoms with Gasteiger partial charge in [-0.25, -0.2) is 0 Å². The molecule has 3 unspecified atom stereocenters. The van der Waals surface area contributed by atoms with Gasteiger partial charge in [0.25, 0.3) is 0 Å². The largest absolute Gasteiger partial charge is 0.353 e. The molecule has 1 amide bonds. The fraction of sp³-hybridized carbons (Fsp3) is 0.588. The Morgan fingerprint density at radius 1 is 1.30 bits per heavy atom. The molecule has 3 atom stereocenters. The van der Waals surface area contributed by atoms with Crippen LogP contribution < -0.4 is 10.6 Å². The Morgan fingerprint density at radius 3 is 2.57 bits per heavy atom. The average molecular weight is 378 g/mol. The Hall–Kier alpha value is -0.480. The first-order valence-electron chi connectivity index (χ1n) is 8.01. The van der Waals surface area contributed by atoms with Gasteiger partial charge in [-0.05, 0) is 49.8 Å². The van der Waals surface area contributed by atoms with Crippen LogP contribution in [0.4, 0.5) is 0 Å². The fourth-order valence-corrected chi connectivity index (χ4v) is 4.11. The van der Waals surface area contributed by atoms with Gasteiger partial charge in [-0.3, -0.25) is 4.79 Å². The van der Waals surface area contributed by atoms with Crippen molar-refractivity contribution in [1.82, 2.24) is 10.6 Å². The third kappa shape index (κ3) is 4.76. The molecule has 2 aliphatic heterocycles. The van der Waals surface area contributed by atoms with Crippen LogP contribution in [0, 0.1) is 5.92 Å². The number of halogens is 3. The van der Waals surface area contributed by atoms with Gasteiger partial charge in [0.2, 0.25) is 5.91 Å². The average Bonchev–Trinajstić information content (AvgIpc) is 2.81. The normalized spacial score (nSPS) is 27.2. The molecule has 3 nitrogen and oxygen atoms in total. The number of nitrogens with one attached hydrogen (secondary N) is 2. The van der Waals surface area contributed by atoms with Crippen LogP contribution in [0.3, 0.4) is 0 Å². The molecule has 2 heterocycles. The van der Waals surface area contributed by atoms with Crippen LogP contribution in [-0.4, -0.2) is 24.0 Å². The van der Waals surface area contributed by atoms with E-state index in [-0.39, 0.29) is 24.2 Å². The minimum Gasteiger partial charge on any atom is -0.353 e. The monoisotopic (exact) mass is 376 g/mol. The zero-order chi connectivity index (χ0) is 15.7. The minimum absolute atomic E-state index is 0. The van der Waals surface area contributed by atoms with Crippen molar-refractivity contribution in [3.63, 3.8) is 0 Å². The van der Waals surface area contributed by atoms with Crippen molar-refractivity contribution in [2.75, 3.05) is 0 Å². The van der Waals surface area contributed by atoms with E-state index >= 15 is 0 Å². The lowest BCUT2D eigenvalue weighted by atomic mass is 9.96. The second-order valence-corrected chi connectivity index (χ2v) is 7.50. The first-order valence-corrected chi connectivity index (χ1v) is 8.77. The van der Waals surface area contributed by atoms with Gasteiger partial charge in [-0.15, -0.1) is 12.4 Å². The van der Waals surface area contributed by atoms with Gasteiger partial charge in [0.1, 0.15) is 0 Å². The molecule has 0 spiro atoms. The van der Waals surface area contributed by atoms with E-state index in [1.807, 2.05) is 19.1 Å². The van der Waals surface area contributed by atoms with Gasteiger partial charge in [-0.2, -0.15) is 0 Å². The van der Waals surface area contributed by atoms with E-state index in [1.54, 1.807) is 6.07 Å². The molecule has 0 saturated carbocycles. The Labute approximate surface area is 153 Å². The molecule has 2 saturated heterocycles. The van der Waals surface area contributed by atoms with Crippen molar-refractivity contribution in [2.45, 2.75) is 57.2 Å². The van der Waals surface area contributed by atoms with Crippen LogP contribution in [0.2, 0.25) is 10.0 Å². The predicted octanol–water partition coefficient (Wildman–Crippen LogP) is 3.99. The molecular weight excluding hydrogens is 355 g/mol. The molecule has 0 radical (unpaired) electrons. The quantitative estimate of drug-likeness (QED) is 0.833. The SMILES string of the molecule is CC(Cc1ccc(Cl)cc1Cl)C(=O)NC1CC2CCC(C1)N2.Cl. The van der Waals surface area contributed by atoms with Crippen molar-refractivity contribution in [2.24, 2.45) is 5.92 Å². The van der Waals surface area contributed by atoms with Crippen LogP contribution in [0.25, 0.3) is 0 Å². The molecule has 128 valence electrons. The standard InChI is InChI=1S/C17H22Cl2N2O.ClH/c1-10(6-11-2-3-12(18)7-16(11)19)17(22)21-15-8-13-4-5-14(9-15)20-13;/h2-3,7,10,13-15,20H,4-6,8-9H2,1H3,(H,21,22);1H. The zero-order valence-corrected chi connectivity index (χ0v) is 15.5. The topological polar surface area (TPSA) is 41.1 Å². The molecule has 3 rings (SSSR count). The summed E-state index contributed by atoms with van der Waals surface area (Å²) in [6.07, 6.45) is 5.23. The van der Waals surface area contributed by atoms with Crippen LogP contribution >= 0.6 is 35.6 Å². The highest BCUT2D eigenvalue weighted by Crippen LogP contribution is 2.27. The van der Waals surface area contributed by atoms with E-state index in [0.29, 0.717) is 34.6 Å². The van der Waals surface area contributed by atoms with Crippen LogP contribution in [0.1, 0.15) is 38.2 Å². The number of fused-ring (bicyclic) bond motifs is 2. The highest BCUT2D eigenvalue weighted by Gasteiger charge is 2.34. The van der Waals surface area contributed by atoms with E-state index in [9.17, 15) is 4.79 Å². The molecule has 6 heteroatoms. The first-order chi connectivity index (χ1) is 10.5. The summed E-state index contributed by atoms with van der Waals surface area (Å²) in [4.78, 5) is 12.4. The van der Waals surface area contributed by atoms with Gasteiger partial charge < -0.3 is 10.6 Å². The van der Waals surface area contributed by atoms with Gasteiger partial charge in [0.15, 0.2) is 0 Å². The summed E-state index contributed by atoms with van der Waals surface area (Å²) in [7, 11) is 0. The molecule has 2 bridgehead atoms. The first kappa shape index (κ1) is 18.9. The number of carbonyl (C=O) groups is 1. The van der Waals surface area contributed by atoms with E-state index in [4.69, 9.17) is 23.2 Å². The summed E-state index contributed by atoms with van der Waals surface area (Å²) in [5.74, 6) is 0.0310. The van der Waals surface area contributed by atoms with Gasteiger partial charge in [0.05, 0.1) is 0 Å². The summed E-state index contributed by atoms with van der Waals surface area (Å²) >= 11 is 12.1. The van der Waals surface area contributed by atoms with Crippen molar-refractivity contribution < 1.29 is 4.79 Å². The number of rotatable bonds is 4. The summed E-state index contributed by atoms with van der Waals surface area (Å²) in [5.41, 5.74) is 0.971. The maximum Gasteiger partial charge on any atom is 0.223 e. The Morgan fingerprint density at radius 2 is 1.96 bits per heavy atom. The highest BCUT2D eigenvalue weighted by molar-refractivity contribution is 6.35. The minimum atomic E-state index is -0.0915. The lowest BCUT2D eigenvalue weighted by Gasteiger charge is -2.30. The fourth-order valence-electron chi connectivity index (χ4n) is 3.63. The third-order valence-electron chi connectivity index (χ3n) is 4.81. The van der Waals surface area contributed by atoms with Crippen molar-refractivity contribution in [1.29, 1.82) is 0 Å². The van der Waals surface area contributed by atoms with E-state index in [2.05, 4.69) is 10.6 Å². The number of carbonyl (C=O) groups excluding carboxylic acids is 1. The molecule has 2 aliphatic rings. The Bertz CT molecular complexity index is 555. The molecule has 1 aromatic rings. The number of piperidine rings is 1. The predicted molar refractivity (Wildman–Crippen MR) is 97.7 cm³/mol. The van der Waals surface area contributed by atoms with E-state index in [0.717, 1.165) is 18.4 Å². The lowest BCUT2D eigenvalue weighted by molar-refractivity contribution is -0.125. The summed E-state index contributed by atoms with van der Waals surface area (Å²) < 4.78 is 0. The van der Waals surface area contributed by atoms with E-state index in [1.165, 1.54) is 12.8 Å². The van der Waals surface area contributed by atoms with Crippen LogP contribution in [0.15, 0.2) is 18.2 Å². The number of benzene rings is 1. The second kappa shape index (κ2) is 8.06. The van der Waals surface area contributed by atoms with Crippen molar-refractivity contribution >= 4 is 41.5 Å². The Kier molecular flexibility index (Phi) is 6.61. The highest BCUT2D eigenvalue weighted by atomic mass is 35.5. The third-order valence-corrected chi connectivity index (χ3v) is 5.40. The smallest absolute Gasteiger partial charge is 0.223 e. The summed E-state index contributed by atoms with van der Waals surface area (Å²) in [5, 5.41) is 8.07. The number of hydrogen-bond acceptors (Lipinski definition) is 2. The molecule has 23 heavy (non-hydrogen) atoms. The van der Waals surface area contributed by atoms with Gasteiger partial charge in [-0.1, -0.05) is 36.2 Å². The van der Waals surface area contributed by atoms with Crippen molar-refractivity contribution in [3.05, 3.63) is 33.8 Å². The maximum absolute atomic E-state index is 12.4. The summed E-state index contributed by atoms with van der Waals surface area (Å²) in [6, 6.07) is 6.94. The molecule has 2 fully saturated rings. The number of amides is 1. The molecule has 0 aliphatic carbocycles. The molecular formula is C17H23Cl3N2O. The second-order valence-electron chi connectivity index (χ2n) is 6.66. The van der Waals surface area contributed by atoms with Gasteiger partial charge >= 0.3 is 0 Å². The summed E-state index contributed by atoms with van der Waals surface area (Å²) in [6.45, 7) is 1.95.